The highest BCUT2D eigenvalue weighted by molar-refractivity contribution is 5.58. The van der Waals surface area contributed by atoms with Crippen molar-refractivity contribution in [1.82, 2.24) is 10.1 Å². The largest absolute Gasteiger partial charge is 0.497 e. The summed E-state index contributed by atoms with van der Waals surface area (Å²) >= 11 is 0. The Morgan fingerprint density at radius 2 is 1.73 bits per heavy atom. The number of ether oxygens (including phenoxy) is 1. The van der Waals surface area contributed by atoms with Crippen LogP contribution in [0.3, 0.4) is 0 Å². The number of aromatic nitrogens is 2. The highest BCUT2D eigenvalue weighted by Gasteiger charge is 2.22. The third-order valence-corrected chi connectivity index (χ3v) is 4.49. The van der Waals surface area contributed by atoms with Crippen molar-refractivity contribution in [3.05, 3.63) is 54.3 Å². The van der Waals surface area contributed by atoms with Crippen LogP contribution in [0.2, 0.25) is 0 Å². The summed E-state index contributed by atoms with van der Waals surface area (Å²) in [6, 6.07) is 14.7. The molecule has 7 heteroatoms. The van der Waals surface area contributed by atoms with Crippen LogP contribution < -0.4 is 14.5 Å². The van der Waals surface area contributed by atoms with Gasteiger partial charge in [0.2, 0.25) is 5.82 Å². The fraction of sp³-hybridized carbons (Fsp3) is 0.263. The Bertz CT molecular complexity index is 873. The van der Waals surface area contributed by atoms with Crippen LogP contribution in [0, 0.1) is 5.82 Å². The van der Waals surface area contributed by atoms with Crippen molar-refractivity contribution in [3.8, 4) is 17.1 Å². The molecule has 134 valence electrons. The molecule has 1 aliphatic rings. The Morgan fingerprint density at radius 3 is 2.46 bits per heavy atom. The van der Waals surface area contributed by atoms with E-state index in [2.05, 4.69) is 19.9 Å². The van der Waals surface area contributed by atoms with Crippen LogP contribution in [-0.4, -0.2) is 43.4 Å². The predicted molar refractivity (Wildman–Crippen MR) is 97.1 cm³/mol. The molecule has 0 radical (unpaired) electrons. The number of piperazine rings is 1. The lowest BCUT2D eigenvalue weighted by atomic mass is 10.2. The van der Waals surface area contributed by atoms with Gasteiger partial charge in [-0.25, -0.2) is 4.39 Å². The molecule has 26 heavy (non-hydrogen) atoms. The number of methoxy groups -OCH3 is 1. The van der Waals surface area contributed by atoms with Crippen molar-refractivity contribution in [1.29, 1.82) is 0 Å². The molecule has 3 aromatic rings. The molecular weight excluding hydrogens is 335 g/mol. The molecule has 0 atom stereocenters. The van der Waals surface area contributed by atoms with Crippen LogP contribution in [0.5, 0.6) is 5.75 Å². The highest BCUT2D eigenvalue weighted by Crippen LogP contribution is 2.25. The minimum Gasteiger partial charge on any atom is -0.497 e. The number of benzene rings is 2. The summed E-state index contributed by atoms with van der Waals surface area (Å²) in [6.45, 7) is 3.14. The van der Waals surface area contributed by atoms with Gasteiger partial charge in [-0.3, -0.25) is 0 Å². The first-order chi connectivity index (χ1) is 12.7. The number of hydrogen-bond acceptors (Lipinski definition) is 6. The maximum atomic E-state index is 13.1. The van der Waals surface area contributed by atoms with Gasteiger partial charge in [-0.15, -0.1) is 0 Å². The molecule has 0 saturated carbocycles. The first-order valence-electron chi connectivity index (χ1n) is 8.46. The van der Waals surface area contributed by atoms with Crippen LogP contribution in [0.1, 0.15) is 0 Å². The maximum absolute atomic E-state index is 13.1. The Labute approximate surface area is 150 Å². The number of anilines is 2. The highest BCUT2D eigenvalue weighted by atomic mass is 19.1. The lowest BCUT2D eigenvalue weighted by molar-refractivity contribution is 0.409. The van der Waals surface area contributed by atoms with Gasteiger partial charge < -0.3 is 19.1 Å². The number of rotatable bonds is 4. The minimum absolute atomic E-state index is 0.219. The van der Waals surface area contributed by atoms with Crippen LogP contribution in [0.4, 0.5) is 16.1 Å². The van der Waals surface area contributed by atoms with E-state index in [0.717, 1.165) is 43.2 Å². The van der Waals surface area contributed by atoms with Gasteiger partial charge in [0.15, 0.2) is 0 Å². The van der Waals surface area contributed by atoms with Crippen LogP contribution in [-0.2, 0) is 0 Å². The molecule has 0 aliphatic carbocycles. The summed E-state index contributed by atoms with van der Waals surface area (Å²) in [7, 11) is 1.63. The number of nitrogens with zero attached hydrogens (tertiary/aromatic N) is 4. The van der Waals surface area contributed by atoms with Crippen LogP contribution in [0.15, 0.2) is 53.1 Å². The maximum Gasteiger partial charge on any atom is 0.324 e. The molecule has 0 unspecified atom stereocenters. The first kappa shape index (κ1) is 16.4. The molecule has 4 rings (SSSR count). The second-order valence-electron chi connectivity index (χ2n) is 6.08. The summed E-state index contributed by atoms with van der Waals surface area (Å²) in [5.74, 6) is 1.07. The Morgan fingerprint density at radius 1 is 1.00 bits per heavy atom. The molecule has 2 heterocycles. The summed E-state index contributed by atoms with van der Waals surface area (Å²) in [5, 5.41) is 4.09. The predicted octanol–water partition coefficient (Wildman–Crippen LogP) is 3.21. The molecule has 0 spiro atoms. The van der Waals surface area contributed by atoms with E-state index < -0.39 is 0 Å². The quantitative estimate of drug-likeness (QED) is 0.717. The zero-order chi connectivity index (χ0) is 17.9. The Kier molecular flexibility index (Phi) is 4.43. The summed E-state index contributed by atoms with van der Waals surface area (Å²) in [5.41, 5.74) is 1.87. The third kappa shape index (κ3) is 3.33. The Hall–Kier alpha value is -3.09. The molecule has 1 fully saturated rings. The van der Waals surface area contributed by atoms with E-state index in [1.807, 2.05) is 24.3 Å². The van der Waals surface area contributed by atoms with Crippen molar-refractivity contribution < 1.29 is 13.7 Å². The fourth-order valence-corrected chi connectivity index (χ4v) is 3.03. The van der Waals surface area contributed by atoms with Crippen molar-refractivity contribution in [3.63, 3.8) is 0 Å². The smallest absolute Gasteiger partial charge is 0.324 e. The van der Waals surface area contributed by atoms with Gasteiger partial charge in [0, 0.05) is 37.4 Å². The van der Waals surface area contributed by atoms with Crippen LogP contribution in [0.25, 0.3) is 11.4 Å². The monoisotopic (exact) mass is 354 g/mol. The second kappa shape index (κ2) is 7.03. The second-order valence-corrected chi connectivity index (χ2v) is 6.08. The van der Waals surface area contributed by atoms with Gasteiger partial charge in [0.25, 0.3) is 0 Å². The van der Waals surface area contributed by atoms with E-state index >= 15 is 0 Å². The Balaban J connectivity index is 1.43. The summed E-state index contributed by atoms with van der Waals surface area (Å²) in [4.78, 5) is 8.80. The van der Waals surface area contributed by atoms with E-state index in [0.29, 0.717) is 11.8 Å². The van der Waals surface area contributed by atoms with Gasteiger partial charge in [-0.1, -0.05) is 17.3 Å². The summed E-state index contributed by atoms with van der Waals surface area (Å²) in [6.07, 6.45) is 0. The van der Waals surface area contributed by atoms with Gasteiger partial charge in [-0.2, -0.15) is 4.98 Å². The average molecular weight is 354 g/mol. The van der Waals surface area contributed by atoms with Crippen LogP contribution >= 0.6 is 0 Å². The molecule has 1 aliphatic heterocycles. The number of hydrogen-bond donors (Lipinski definition) is 0. The van der Waals surface area contributed by atoms with E-state index in [9.17, 15) is 4.39 Å². The lowest BCUT2D eigenvalue weighted by Gasteiger charge is -2.35. The molecule has 1 saturated heterocycles. The summed E-state index contributed by atoms with van der Waals surface area (Å²) < 4.78 is 23.7. The van der Waals surface area contributed by atoms with E-state index in [1.54, 1.807) is 19.2 Å². The fourth-order valence-electron chi connectivity index (χ4n) is 3.03. The van der Waals surface area contributed by atoms with E-state index in [4.69, 9.17) is 9.26 Å². The molecule has 0 N–H and O–H groups in total. The van der Waals surface area contributed by atoms with Gasteiger partial charge in [-0.05, 0) is 36.4 Å². The van der Waals surface area contributed by atoms with Crippen molar-refractivity contribution in [2.45, 2.75) is 0 Å². The molecule has 2 aromatic carbocycles. The topological polar surface area (TPSA) is 54.6 Å². The number of halogens is 1. The average Bonchev–Trinajstić information content (AvgIpc) is 3.19. The van der Waals surface area contributed by atoms with Gasteiger partial charge in [0.1, 0.15) is 11.6 Å². The molecule has 1 aromatic heterocycles. The van der Waals surface area contributed by atoms with E-state index in [1.165, 1.54) is 12.1 Å². The van der Waals surface area contributed by atoms with Crippen molar-refractivity contribution >= 4 is 11.7 Å². The normalized spacial score (nSPS) is 14.5. The van der Waals surface area contributed by atoms with E-state index in [-0.39, 0.29) is 5.82 Å². The van der Waals surface area contributed by atoms with Crippen molar-refractivity contribution in [2.24, 2.45) is 0 Å². The zero-order valence-corrected chi connectivity index (χ0v) is 14.4. The molecule has 6 nitrogen and oxygen atoms in total. The molecule has 0 amide bonds. The standard InChI is InChI=1S/C19H19FN4O2/c1-25-17-4-2-3-14(13-17)18-21-19(26-22-18)24-11-9-23(10-12-24)16-7-5-15(20)6-8-16/h2-8,13H,9-12H2,1H3. The molecule has 0 bridgehead atoms. The minimum atomic E-state index is -0.219. The van der Waals surface area contributed by atoms with Gasteiger partial charge >= 0.3 is 6.01 Å². The van der Waals surface area contributed by atoms with Crippen molar-refractivity contribution in [2.75, 3.05) is 43.1 Å². The first-order valence-corrected chi connectivity index (χ1v) is 8.46. The third-order valence-electron chi connectivity index (χ3n) is 4.49. The zero-order valence-electron chi connectivity index (χ0n) is 14.4. The SMILES string of the molecule is COc1cccc(-c2noc(N3CCN(c4ccc(F)cc4)CC3)n2)c1. The molecular formula is C19H19FN4O2. The lowest BCUT2D eigenvalue weighted by Crippen LogP contribution is -2.46. The van der Waals surface area contributed by atoms with Gasteiger partial charge in [0.05, 0.1) is 7.11 Å².